The van der Waals surface area contributed by atoms with E-state index in [0.29, 0.717) is 32.8 Å². The van der Waals surface area contributed by atoms with Crippen molar-refractivity contribution in [3.05, 3.63) is 26.7 Å². The summed E-state index contributed by atoms with van der Waals surface area (Å²) in [5.74, 6) is -0.883. The highest BCUT2D eigenvalue weighted by Crippen LogP contribution is 2.39. The van der Waals surface area contributed by atoms with Gasteiger partial charge in [0.15, 0.2) is 0 Å². The van der Waals surface area contributed by atoms with E-state index in [9.17, 15) is 14.7 Å². The number of hydrogen-bond donors (Lipinski definition) is 1. The molecule has 1 aromatic carbocycles. The van der Waals surface area contributed by atoms with E-state index >= 15 is 0 Å². The van der Waals surface area contributed by atoms with Gasteiger partial charge in [0, 0.05) is 32.8 Å². The molecule has 0 aliphatic carbocycles. The van der Waals surface area contributed by atoms with Crippen molar-refractivity contribution in [3.8, 4) is 5.75 Å². The molecule has 0 aromatic heterocycles. The molecule has 2 aliphatic heterocycles. The van der Waals surface area contributed by atoms with Gasteiger partial charge in [0.1, 0.15) is 17.4 Å². The van der Waals surface area contributed by atoms with Crippen molar-refractivity contribution < 1.29 is 19.4 Å². The minimum atomic E-state index is -0.462. The van der Waals surface area contributed by atoms with Crippen LogP contribution in [0.1, 0.15) is 23.2 Å². The zero-order valence-corrected chi connectivity index (χ0v) is 15.6. The van der Waals surface area contributed by atoms with Crippen LogP contribution < -0.4 is 0 Å². The Labute approximate surface area is 160 Å². The molecule has 0 bridgehead atoms. The van der Waals surface area contributed by atoms with Gasteiger partial charge in [-0.25, -0.2) is 0 Å². The van der Waals surface area contributed by atoms with E-state index in [-0.39, 0.29) is 38.4 Å². The molecule has 0 radical (unpaired) electrons. The van der Waals surface area contributed by atoms with E-state index < -0.39 is 5.91 Å². The molecule has 0 saturated carbocycles. The second-order valence-electron chi connectivity index (χ2n) is 6.00. The Hall–Kier alpha value is -1.21. The minimum absolute atomic E-state index is 0.0312. The van der Waals surface area contributed by atoms with Gasteiger partial charge in [-0.1, -0.05) is 34.8 Å². The topological polar surface area (TPSA) is 70.1 Å². The van der Waals surface area contributed by atoms with E-state index in [2.05, 4.69) is 0 Å². The molecule has 2 amide bonds. The van der Waals surface area contributed by atoms with Gasteiger partial charge < -0.3 is 19.6 Å². The lowest BCUT2D eigenvalue weighted by Crippen LogP contribution is -2.52. The Kier molecular flexibility index (Phi) is 5.63. The maximum absolute atomic E-state index is 12.7. The van der Waals surface area contributed by atoms with Gasteiger partial charge in [-0.05, 0) is 18.9 Å². The molecule has 2 aliphatic rings. The summed E-state index contributed by atoms with van der Waals surface area (Å²) >= 11 is 17.9. The lowest BCUT2D eigenvalue weighted by Gasteiger charge is -2.36. The first-order valence-electron chi connectivity index (χ1n) is 7.96. The third kappa shape index (κ3) is 3.67. The Morgan fingerprint density at radius 2 is 1.72 bits per heavy atom. The van der Waals surface area contributed by atoms with Gasteiger partial charge >= 0.3 is 0 Å². The van der Waals surface area contributed by atoms with Crippen LogP contribution in [0.15, 0.2) is 6.07 Å². The maximum Gasteiger partial charge on any atom is 0.259 e. The number of hydrogen-bond acceptors (Lipinski definition) is 4. The fourth-order valence-corrected chi connectivity index (χ4v) is 3.73. The molecule has 1 aromatic rings. The molecular formula is C16H17Cl3N2O4. The third-order valence-corrected chi connectivity index (χ3v) is 5.52. The predicted molar refractivity (Wildman–Crippen MR) is 94.6 cm³/mol. The average molecular weight is 408 g/mol. The highest BCUT2D eigenvalue weighted by molar-refractivity contribution is 6.45. The van der Waals surface area contributed by atoms with Crippen molar-refractivity contribution in [2.75, 3.05) is 32.8 Å². The van der Waals surface area contributed by atoms with E-state index in [1.807, 2.05) is 0 Å². The van der Waals surface area contributed by atoms with Gasteiger partial charge in [0.2, 0.25) is 0 Å². The van der Waals surface area contributed by atoms with Gasteiger partial charge in [-0.3, -0.25) is 9.59 Å². The number of piperazine rings is 1. The molecule has 9 heteroatoms. The number of carbonyl (C=O) groups is 2. The molecule has 136 valence electrons. The summed E-state index contributed by atoms with van der Waals surface area (Å²) in [7, 11) is 0. The Morgan fingerprint density at radius 3 is 2.32 bits per heavy atom. The van der Waals surface area contributed by atoms with Crippen LogP contribution in [-0.2, 0) is 9.53 Å². The minimum Gasteiger partial charge on any atom is -0.505 e. The first-order chi connectivity index (χ1) is 11.9. The van der Waals surface area contributed by atoms with E-state index in [4.69, 9.17) is 39.5 Å². The fourth-order valence-electron chi connectivity index (χ4n) is 3.05. The van der Waals surface area contributed by atoms with Crippen LogP contribution >= 0.6 is 34.8 Å². The van der Waals surface area contributed by atoms with Crippen LogP contribution in [0, 0.1) is 0 Å². The summed E-state index contributed by atoms with van der Waals surface area (Å²) in [6, 6.07) is 1.29. The molecule has 1 unspecified atom stereocenters. The lowest BCUT2D eigenvalue weighted by atomic mass is 10.1. The second kappa shape index (κ2) is 7.58. The van der Waals surface area contributed by atoms with Gasteiger partial charge in [-0.15, -0.1) is 0 Å². The van der Waals surface area contributed by atoms with Crippen molar-refractivity contribution in [2.24, 2.45) is 0 Å². The molecule has 1 atom stereocenters. The number of nitrogens with zero attached hydrogens (tertiary/aromatic N) is 2. The van der Waals surface area contributed by atoms with Crippen LogP contribution in [-0.4, -0.2) is 65.6 Å². The summed E-state index contributed by atoms with van der Waals surface area (Å²) in [5.41, 5.74) is -0.113. The van der Waals surface area contributed by atoms with Gasteiger partial charge in [0.05, 0.1) is 15.1 Å². The SMILES string of the molecule is O=C(c1c(O)c(Cl)cc(Cl)c1Cl)N1CCN(C(=O)C2CCCO2)CC1. The zero-order chi connectivity index (χ0) is 18.1. The molecular weight excluding hydrogens is 391 g/mol. The number of rotatable bonds is 2. The van der Waals surface area contributed by atoms with Gasteiger partial charge in [0.25, 0.3) is 11.8 Å². The van der Waals surface area contributed by atoms with Crippen molar-refractivity contribution in [3.63, 3.8) is 0 Å². The number of carbonyl (C=O) groups excluding carboxylic acids is 2. The summed E-state index contributed by atoms with van der Waals surface area (Å²) in [5, 5.41) is 10.1. The average Bonchev–Trinajstić information content (AvgIpc) is 3.14. The zero-order valence-electron chi connectivity index (χ0n) is 13.3. The lowest BCUT2D eigenvalue weighted by molar-refractivity contribution is -0.142. The number of amides is 2. The van der Waals surface area contributed by atoms with E-state index in [1.165, 1.54) is 11.0 Å². The van der Waals surface area contributed by atoms with Crippen LogP contribution in [0.2, 0.25) is 15.1 Å². The van der Waals surface area contributed by atoms with Gasteiger partial charge in [-0.2, -0.15) is 0 Å². The molecule has 3 rings (SSSR count). The second-order valence-corrected chi connectivity index (χ2v) is 7.19. The third-order valence-electron chi connectivity index (χ3n) is 4.44. The number of phenols is 1. The first kappa shape index (κ1) is 18.6. The largest absolute Gasteiger partial charge is 0.505 e. The highest BCUT2D eigenvalue weighted by Gasteiger charge is 2.33. The number of halogens is 3. The summed E-state index contributed by atoms with van der Waals surface area (Å²) in [6.07, 6.45) is 1.26. The molecule has 25 heavy (non-hydrogen) atoms. The number of aromatic hydroxyl groups is 1. The molecule has 6 nitrogen and oxygen atoms in total. The number of benzene rings is 1. The maximum atomic E-state index is 12.7. The Balaban J connectivity index is 1.69. The summed E-state index contributed by atoms with van der Waals surface area (Å²) < 4.78 is 5.42. The molecule has 2 fully saturated rings. The molecule has 2 saturated heterocycles. The van der Waals surface area contributed by atoms with Crippen molar-refractivity contribution in [2.45, 2.75) is 18.9 Å². The van der Waals surface area contributed by atoms with Crippen molar-refractivity contribution >= 4 is 46.6 Å². The van der Waals surface area contributed by atoms with Crippen LogP contribution in [0.3, 0.4) is 0 Å². The highest BCUT2D eigenvalue weighted by atomic mass is 35.5. The predicted octanol–water partition coefficient (Wildman–Crippen LogP) is 2.82. The van der Waals surface area contributed by atoms with E-state index in [0.717, 1.165) is 12.8 Å². The van der Waals surface area contributed by atoms with Crippen LogP contribution in [0.25, 0.3) is 0 Å². The monoisotopic (exact) mass is 406 g/mol. The smallest absolute Gasteiger partial charge is 0.259 e. The number of ether oxygens (including phenoxy) is 1. The van der Waals surface area contributed by atoms with Crippen LogP contribution in [0.4, 0.5) is 0 Å². The van der Waals surface area contributed by atoms with E-state index in [1.54, 1.807) is 4.90 Å². The van der Waals surface area contributed by atoms with Crippen molar-refractivity contribution in [1.29, 1.82) is 0 Å². The Bertz CT molecular complexity index is 673. The summed E-state index contributed by atoms with van der Waals surface area (Å²) in [6.45, 7) is 2.07. The van der Waals surface area contributed by atoms with Crippen LogP contribution in [0.5, 0.6) is 5.75 Å². The Morgan fingerprint density at radius 1 is 1.08 bits per heavy atom. The first-order valence-corrected chi connectivity index (χ1v) is 9.09. The molecule has 2 heterocycles. The fraction of sp³-hybridized carbons (Fsp3) is 0.500. The molecule has 0 spiro atoms. The normalized spacial score (nSPS) is 20.8. The summed E-state index contributed by atoms with van der Waals surface area (Å²) in [4.78, 5) is 28.3. The quantitative estimate of drug-likeness (QED) is 0.765. The van der Waals surface area contributed by atoms with Crippen molar-refractivity contribution in [1.82, 2.24) is 9.80 Å². The standard InChI is InChI=1S/C16H17Cl3N2O4/c17-9-8-10(18)14(22)12(13(9)19)16(24)21-5-3-20(4-6-21)15(23)11-2-1-7-25-11/h8,11,22H,1-7H2. The molecule has 1 N–H and O–H groups in total. The number of phenolic OH excluding ortho intramolecular Hbond substituents is 1.